The molecule has 1 aliphatic heterocycles. The summed E-state index contributed by atoms with van der Waals surface area (Å²) < 4.78 is 32.9. The second-order valence-electron chi connectivity index (χ2n) is 7.54. The summed E-state index contributed by atoms with van der Waals surface area (Å²) in [7, 11) is 0. The van der Waals surface area contributed by atoms with E-state index in [1.54, 1.807) is 6.92 Å². The van der Waals surface area contributed by atoms with Crippen molar-refractivity contribution in [2.75, 3.05) is 18.6 Å². The number of ether oxygens (including phenoxy) is 1. The summed E-state index contributed by atoms with van der Waals surface area (Å²) in [4.78, 5) is 25.0. The lowest BCUT2D eigenvalue weighted by Crippen LogP contribution is -2.36. The Bertz CT molecular complexity index is 1100. The molecule has 0 saturated heterocycles. The second-order valence-corrected chi connectivity index (χ2v) is 8.97. The Labute approximate surface area is 181 Å². The molecule has 1 aromatic carbocycles. The number of carbonyl (C=O) groups excluding carboxylic acids is 1. The van der Waals surface area contributed by atoms with Gasteiger partial charge in [-0.3, -0.25) is 9.79 Å². The van der Waals surface area contributed by atoms with E-state index >= 15 is 0 Å². The highest BCUT2D eigenvalue weighted by Gasteiger charge is 2.66. The highest BCUT2D eigenvalue weighted by Crippen LogP contribution is 2.66. The van der Waals surface area contributed by atoms with Crippen molar-refractivity contribution in [1.82, 2.24) is 9.97 Å². The highest BCUT2D eigenvalue weighted by molar-refractivity contribution is 8.15. The fourth-order valence-electron chi connectivity index (χ4n) is 3.88. The van der Waals surface area contributed by atoms with E-state index in [1.807, 2.05) is 0 Å². The summed E-state index contributed by atoms with van der Waals surface area (Å²) in [6.45, 7) is 1.21. The fourth-order valence-corrected chi connectivity index (χ4v) is 5.21. The molecule has 160 valence electrons. The number of aliphatic imine (C=N–C) groups is 1. The van der Waals surface area contributed by atoms with Gasteiger partial charge in [-0.25, -0.2) is 18.7 Å². The Morgan fingerprint density at radius 2 is 2.26 bits per heavy atom. The van der Waals surface area contributed by atoms with Gasteiger partial charge in [-0.15, -0.1) is 6.42 Å². The lowest BCUT2D eigenvalue weighted by Gasteiger charge is -2.33. The number of aromatic nitrogens is 2. The van der Waals surface area contributed by atoms with Crippen molar-refractivity contribution in [2.24, 2.45) is 16.6 Å². The minimum atomic E-state index is -1.03. The largest absolute Gasteiger partial charge is 0.463 e. The van der Waals surface area contributed by atoms with Gasteiger partial charge in [0.05, 0.1) is 22.7 Å². The molecule has 0 radical (unpaired) electrons. The van der Waals surface area contributed by atoms with Crippen LogP contribution in [0.15, 0.2) is 35.6 Å². The van der Waals surface area contributed by atoms with Crippen molar-refractivity contribution < 1.29 is 18.3 Å². The second kappa shape index (κ2) is 7.81. The predicted octanol–water partition coefficient (Wildman–Crippen LogP) is 2.88. The predicted molar refractivity (Wildman–Crippen MR) is 114 cm³/mol. The van der Waals surface area contributed by atoms with Crippen molar-refractivity contribution in [1.29, 1.82) is 0 Å². The smallest absolute Gasteiger partial charge is 0.275 e. The van der Waals surface area contributed by atoms with Crippen molar-refractivity contribution in [2.45, 2.75) is 23.6 Å². The molecule has 10 heteroatoms. The van der Waals surface area contributed by atoms with Crippen LogP contribution in [0.4, 0.5) is 14.5 Å². The van der Waals surface area contributed by atoms with E-state index < -0.39 is 28.7 Å². The highest BCUT2D eigenvalue weighted by atomic mass is 32.2. The van der Waals surface area contributed by atoms with Gasteiger partial charge in [0.15, 0.2) is 11.8 Å². The van der Waals surface area contributed by atoms with Crippen LogP contribution in [0.3, 0.4) is 0 Å². The normalized spacial score (nSPS) is 26.3. The number of rotatable bonds is 6. The molecular formula is C21H19F2N5O2S. The van der Waals surface area contributed by atoms with Gasteiger partial charge >= 0.3 is 0 Å². The zero-order chi connectivity index (χ0) is 22.2. The topological polar surface area (TPSA) is 102 Å². The van der Waals surface area contributed by atoms with Gasteiger partial charge in [0.1, 0.15) is 18.2 Å². The minimum Gasteiger partial charge on any atom is -0.463 e. The molecule has 7 nitrogen and oxygen atoms in total. The summed E-state index contributed by atoms with van der Waals surface area (Å²) >= 11 is 1.21. The SMILES string of the molecule is C#CCOc1cnc(C(=O)Nc2ccc(F)c([C@]3(C)N=C(N)S[C@@]4(CF)C[C@H]43)c2)cn1. The molecule has 2 heterocycles. The first kappa shape index (κ1) is 21.1. The minimum absolute atomic E-state index is 0.0353. The lowest BCUT2D eigenvalue weighted by molar-refractivity contribution is 0.102. The number of hydrogen-bond acceptors (Lipinski definition) is 7. The maximum atomic E-state index is 14.8. The van der Waals surface area contributed by atoms with E-state index in [0.717, 1.165) is 0 Å². The molecule has 4 rings (SSSR count). The Balaban J connectivity index is 1.57. The summed E-state index contributed by atoms with van der Waals surface area (Å²) in [5.41, 5.74) is 5.54. The summed E-state index contributed by atoms with van der Waals surface area (Å²) in [5.74, 6) is 1.27. The van der Waals surface area contributed by atoms with Crippen molar-refractivity contribution in [3.63, 3.8) is 0 Å². The molecule has 1 aliphatic carbocycles. The average molecular weight is 443 g/mol. The number of carbonyl (C=O) groups is 1. The third-order valence-electron chi connectivity index (χ3n) is 5.51. The van der Waals surface area contributed by atoms with Crippen LogP contribution in [0.2, 0.25) is 0 Å². The molecule has 3 N–H and O–H groups in total. The molecular weight excluding hydrogens is 424 g/mol. The summed E-state index contributed by atoms with van der Waals surface area (Å²) in [5, 5.41) is 2.89. The molecule has 2 aliphatic rings. The number of nitrogens with two attached hydrogens (primary N) is 1. The number of thioether (sulfide) groups is 1. The van der Waals surface area contributed by atoms with Gasteiger partial charge < -0.3 is 15.8 Å². The van der Waals surface area contributed by atoms with Crippen LogP contribution in [0.1, 0.15) is 29.4 Å². The first-order valence-corrected chi connectivity index (χ1v) is 10.2. The maximum absolute atomic E-state index is 14.8. The summed E-state index contributed by atoms with van der Waals surface area (Å²) in [6.07, 6.45) is 8.19. The van der Waals surface area contributed by atoms with Crippen molar-refractivity contribution in [3.8, 4) is 18.2 Å². The van der Waals surface area contributed by atoms with E-state index in [4.69, 9.17) is 16.9 Å². The first-order chi connectivity index (χ1) is 14.8. The van der Waals surface area contributed by atoms with Crippen molar-refractivity contribution in [3.05, 3.63) is 47.7 Å². The van der Waals surface area contributed by atoms with Crippen LogP contribution in [0, 0.1) is 24.1 Å². The van der Waals surface area contributed by atoms with Gasteiger partial charge in [-0.2, -0.15) is 0 Å². The molecule has 3 atom stereocenters. The number of fused-ring (bicyclic) bond motifs is 1. The van der Waals surface area contributed by atoms with Crippen LogP contribution >= 0.6 is 11.8 Å². The quantitative estimate of drug-likeness (QED) is 0.666. The molecule has 0 unspecified atom stereocenters. The molecule has 0 bridgehead atoms. The van der Waals surface area contributed by atoms with Crippen LogP contribution < -0.4 is 15.8 Å². The number of amides is 1. The van der Waals surface area contributed by atoms with Crippen LogP contribution in [-0.2, 0) is 5.54 Å². The third-order valence-corrected chi connectivity index (χ3v) is 6.78. The number of nitrogens with zero attached hydrogens (tertiary/aromatic N) is 3. The number of halogens is 2. The monoisotopic (exact) mass is 443 g/mol. The zero-order valence-electron chi connectivity index (χ0n) is 16.6. The Morgan fingerprint density at radius 1 is 1.45 bits per heavy atom. The molecule has 0 spiro atoms. The molecule has 1 saturated carbocycles. The number of benzene rings is 1. The van der Waals surface area contributed by atoms with E-state index in [0.29, 0.717) is 12.1 Å². The van der Waals surface area contributed by atoms with Gasteiger partial charge in [-0.1, -0.05) is 17.7 Å². The van der Waals surface area contributed by atoms with E-state index in [2.05, 4.69) is 26.2 Å². The number of hydrogen-bond donors (Lipinski definition) is 2. The number of nitrogens with one attached hydrogen (secondary N) is 1. The number of amidine groups is 1. The fraction of sp³-hybridized carbons (Fsp3) is 0.333. The number of alkyl halides is 1. The van der Waals surface area contributed by atoms with E-state index in [9.17, 15) is 13.6 Å². The Kier molecular flexibility index (Phi) is 5.31. The standard InChI is InChI=1S/C21H19F2N5O2S/c1-3-6-30-17-10-25-15(9-26-17)18(29)27-12-4-5-14(23)13(7-12)20(2)16-8-21(16,11-22)31-19(24)28-20/h1,4-5,7,9-10,16H,6,8,11H2,2H3,(H2,24,28)(H,27,29)/t16-,20-,21+/m0/s1. The molecule has 1 fully saturated rings. The van der Waals surface area contributed by atoms with Gasteiger partial charge in [0.2, 0.25) is 5.88 Å². The average Bonchev–Trinajstić information content (AvgIpc) is 3.49. The molecule has 2 aromatic rings. The summed E-state index contributed by atoms with van der Waals surface area (Å²) in [6, 6.07) is 4.17. The number of anilines is 1. The van der Waals surface area contributed by atoms with Crippen LogP contribution in [0.5, 0.6) is 5.88 Å². The van der Waals surface area contributed by atoms with E-state index in [-0.39, 0.29) is 34.8 Å². The van der Waals surface area contributed by atoms with Crippen LogP contribution in [-0.4, -0.2) is 39.1 Å². The molecule has 1 aromatic heterocycles. The zero-order valence-corrected chi connectivity index (χ0v) is 17.4. The lowest BCUT2D eigenvalue weighted by atomic mass is 9.85. The Morgan fingerprint density at radius 3 is 2.94 bits per heavy atom. The maximum Gasteiger partial charge on any atom is 0.275 e. The number of terminal acetylenes is 1. The molecule has 31 heavy (non-hydrogen) atoms. The van der Waals surface area contributed by atoms with Gasteiger partial charge in [0.25, 0.3) is 5.91 Å². The third kappa shape index (κ3) is 3.81. The van der Waals surface area contributed by atoms with E-state index in [1.165, 1.54) is 42.4 Å². The van der Waals surface area contributed by atoms with Gasteiger partial charge in [0, 0.05) is 17.2 Å². The first-order valence-electron chi connectivity index (χ1n) is 9.41. The van der Waals surface area contributed by atoms with Crippen molar-refractivity contribution >= 4 is 28.5 Å². The Hall–Kier alpha value is -3.19. The van der Waals surface area contributed by atoms with Gasteiger partial charge in [-0.05, 0) is 31.5 Å². The molecule has 1 amide bonds. The van der Waals surface area contributed by atoms with Crippen LogP contribution in [0.25, 0.3) is 0 Å².